The van der Waals surface area contributed by atoms with Crippen molar-refractivity contribution >= 4 is 40.0 Å². The third kappa shape index (κ3) is 5.14. The monoisotopic (exact) mass is 568 g/mol. The molecular formula is C27H25IN2O4. The summed E-state index contributed by atoms with van der Waals surface area (Å²) < 4.78 is 6.80. The molecule has 0 bridgehead atoms. The van der Waals surface area contributed by atoms with E-state index in [1.807, 2.05) is 36.4 Å². The Morgan fingerprint density at radius 3 is 2.62 bits per heavy atom. The Morgan fingerprint density at radius 1 is 1.12 bits per heavy atom. The van der Waals surface area contributed by atoms with Gasteiger partial charge < -0.3 is 14.7 Å². The molecule has 1 aromatic heterocycles. The van der Waals surface area contributed by atoms with Crippen LogP contribution < -0.4 is 4.74 Å². The topological polar surface area (TPSA) is 79.7 Å². The van der Waals surface area contributed by atoms with E-state index in [4.69, 9.17) is 4.74 Å². The highest BCUT2D eigenvalue weighted by atomic mass is 127. The summed E-state index contributed by atoms with van der Waals surface area (Å²) in [4.78, 5) is 32.0. The Balaban J connectivity index is 1.78. The molecule has 1 aliphatic rings. The fourth-order valence-electron chi connectivity index (χ4n) is 3.95. The number of benzene rings is 2. The van der Waals surface area contributed by atoms with Crippen molar-refractivity contribution in [3.63, 3.8) is 0 Å². The van der Waals surface area contributed by atoms with Crippen LogP contribution in [-0.4, -0.2) is 33.3 Å². The van der Waals surface area contributed by atoms with Crippen molar-refractivity contribution in [3.05, 3.63) is 98.9 Å². The number of unbranched alkanes of at least 4 members (excludes halogenated alkanes) is 1. The lowest BCUT2D eigenvalue weighted by Crippen LogP contribution is -2.29. The Labute approximate surface area is 212 Å². The maximum Gasteiger partial charge on any atom is 0.295 e. The number of carbonyl (C=O) groups excluding carboxylic acids is 2. The number of ether oxygens (including phenoxy) is 1. The van der Waals surface area contributed by atoms with Crippen molar-refractivity contribution in [2.45, 2.75) is 32.4 Å². The Kier molecular flexibility index (Phi) is 7.62. The molecule has 0 spiro atoms. The van der Waals surface area contributed by atoms with Crippen LogP contribution in [0.5, 0.6) is 5.75 Å². The van der Waals surface area contributed by atoms with Gasteiger partial charge in [-0.1, -0.05) is 43.7 Å². The van der Waals surface area contributed by atoms with Gasteiger partial charge >= 0.3 is 0 Å². The normalized spacial score (nSPS) is 17.2. The van der Waals surface area contributed by atoms with Gasteiger partial charge in [0, 0.05) is 28.1 Å². The number of rotatable bonds is 8. The average Bonchev–Trinajstić information content (AvgIpc) is 3.10. The molecule has 1 unspecified atom stereocenters. The fraction of sp³-hybridized carbons (Fsp3) is 0.222. The van der Waals surface area contributed by atoms with Crippen LogP contribution in [0.15, 0.2) is 78.6 Å². The van der Waals surface area contributed by atoms with E-state index in [0.717, 1.165) is 27.5 Å². The van der Waals surface area contributed by atoms with Crippen LogP contribution in [0.25, 0.3) is 5.76 Å². The molecule has 0 aliphatic carbocycles. The number of carbonyl (C=O) groups is 2. The minimum Gasteiger partial charge on any atom is -0.507 e. The number of ketones is 1. The van der Waals surface area contributed by atoms with Gasteiger partial charge in [0.15, 0.2) is 0 Å². The van der Waals surface area contributed by atoms with Gasteiger partial charge in [-0.15, -0.1) is 0 Å². The number of aliphatic hydroxyl groups is 1. The lowest BCUT2D eigenvalue weighted by Gasteiger charge is -2.25. The van der Waals surface area contributed by atoms with Gasteiger partial charge in [-0.3, -0.25) is 14.6 Å². The van der Waals surface area contributed by atoms with Gasteiger partial charge in [0.1, 0.15) is 11.5 Å². The first-order valence-corrected chi connectivity index (χ1v) is 12.2. The first-order chi connectivity index (χ1) is 16.5. The molecule has 1 fully saturated rings. The molecule has 7 heteroatoms. The lowest BCUT2D eigenvalue weighted by molar-refractivity contribution is -0.140. The maximum absolute atomic E-state index is 13.2. The van der Waals surface area contributed by atoms with Gasteiger partial charge in [0.2, 0.25) is 0 Å². The van der Waals surface area contributed by atoms with Crippen molar-refractivity contribution in [2.75, 3.05) is 6.61 Å². The van der Waals surface area contributed by atoms with E-state index >= 15 is 0 Å². The molecule has 1 saturated heterocycles. The van der Waals surface area contributed by atoms with Crippen molar-refractivity contribution in [1.29, 1.82) is 0 Å². The average molecular weight is 568 g/mol. The molecule has 1 aliphatic heterocycles. The second kappa shape index (κ2) is 10.8. The van der Waals surface area contributed by atoms with Crippen LogP contribution in [0.4, 0.5) is 0 Å². The lowest BCUT2D eigenvalue weighted by atomic mass is 9.95. The number of pyridine rings is 1. The highest BCUT2D eigenvalue weighted by Crippen LogP contribution is 2.40. The summed E-state index contributed by atoms with van der Waals surface area (Å²) in [6.07, 6.45) is 5.25. The van der Waals surface area contributed by atoms with Crippen LogP contribution in [0.2, 0.25) is 0 Å². The minimum atomic E-state index is -0.720. The highest BCUT2D eigenvalue weighted by Gasteiger charge is 2.46. The second-order valence-corrected chi connectivity index (χ2v) is 9.32. The van der Waals surface area contributed by atoms with Gasteiger partial charge in [-0.25, -0.2) is 0 Å². The zero-order valence-electron chi connectivity index (χ0n) is 18.8. The summed E-state index contributed by atoms with van der Waals surface area (Å²) >= 11 is 2.21. The predicted molar refractivity (Wildman–Crippen MR) is 138 cm³/mol. The first-order valence-electron chi connectivity index (χ1n) is 11.2. The van der Waals surface area contributed by atoms with E-state index in [-0.39, 0.29) is 17.9 Å². The zero-order chi connectivity index (χ0) is 24.1. The molecule has 1 N–H and O–H groups in total. The Bertz CT molecular complexity index is 1210. The standard InChI is InChI=1S/C27H25IN2O4/c1-2-3-14-34-22-8-4-7-20(15-22)25(31)23-24(19-9-11-21(28)12-10-19)30(27(33)26(23)32)17-18-6-5-13-29-16-18/h4-13,15-16,24,31H,2-3,14,17H2,1H3/b25-23+. The molecule has 0 saturated carbocycles. The highest BCUT2D eigenvalue weighted by molar-refractivity contribution is 14.1. The first kappa shape index (κ1) is 23.9. The molecule has 1 amide bonds. The summed E-state index contributed by atoms with van der Waals surface area (Å²) in [5.74, 6) is -0.962. The number of hydrogen-bond donors (Lipinski definition) is 1. The molecule has 2 aromatic carbocycles. The molecule has 1 atom stereocenters. The maximum atomic E-state index is 13.2. The third-order valence-corrected chi connectivity index (χ3v) is 6.39. The molecule has 3 aromatic rings. The van der Waals surface area contributed by atoms with Gasteiger partial charge in [0.25, 0.3) is 11.7 Å². The summed E-state index contributed by atoms with van der Waals surface area (Å²) in [7, 11) is 0. The second-order valence-electron chi connectivity index (χ2n) is 8.07. The van der Waals surface area contributed by atoms with Crippen LogP contribution >= 0.6 is 22.6 Å². The largest absolute Gasteiger partial charge is 0.507 e. The molecule has 6 nitrogen and oxygen atoms in total. The molecule has 2 heterocycles. The molecule has 174 valence electrons. The van der Waals surface area contributed by atoms with E-state index in [1.54, 1.807) is 36.7 Å². The fourth-order valence-corrected chi connectivity index (χ4v) is 4.31. The number of likely N-dealkylation sites (tertiary alicyclic amines) is 1. The van der Waals surface area contributed by atoms with Crippen LogP contribution in [0.1, 0.15) is 42.5 Å². The van der Waals surface area contributed by atoms with Gasteiger partial charge in [0.05, 0.1) is 18.2 Å². The predicted octanol–water partition coefficient (Wildman–Crippen LogP) is 5.49. The van der Waals surface area contributed by atoms with Crippen molar-refractivity contribution < 1.29 is 19.4 Å². The van der Waals surface area contributed by atoms with E-state index < -0.39 is 17.7 Å². The van der Waals surface area contributed by atoms with Gasteiger partial charge in [-0.2, -0.15) is 0 Å². The zero-order valence-corrected chi connectivity index (χ0v) is 20.9. The third-order valence-electron chi connectivity index (χ3n) is 5.68. The minimum absolute atomic E-state index is 0.0702. The summed E-state index contributed by atoms with van der Waals surface area (Å²) in [6, 6.07) is 17.5. The van der Waals surface area contributed by atoms with Crippen molar-refractivity contribution in [2.24, 2.45) is 0 Å². The number of amides is 1. The smallest absolute Gasteiger partial charge is 0.295 e. The summed E-state index contributed by atoms with van der Waals surface area (Å²) in [5, 5.41) is 11.3. The molecular weight excluding hydrogens is 543 g/mol. The number of nitrogens with zero attached hydrogens (tertiary/aromatic N) is 2. The Morgan fingerprint density at radius 2 is 1.91 bits per heavy atom. The van der Waals surface area contributed by atoms with E-state index in [1.165, 1.54) is 4.90 Å². The van der Waals surface area contributed by atoms with Crippen molar-refractivity contribution in [3.8, 4) is 5.75 Å². The van der Waals surface area contributed by atoms with Crippen LogP contribution in [0, 0.1) is 3.57 Å². The van der Waals surface area contributed by atoms with E-state index in [2.05, 4.69) is 34.5 Å². The van der Waals surface area contributed by atoms with Crippen molar-refractivity contribution in [1.82, 2.24) is 9.88 Å². The summed E-state index contributed by atoms with van der Waals surface area (Å²) in [5.41, 5.74) is 2.05. The van der Waals surface area contributed by atoms with E-state index in [0.29, 0.717) is 17.9 Å². The Hall–Kier alpha value is -3.20. The number of Topliss-reactive ketones (excluding diaryl/α,β-unsaturated/α-hetero) is 1. The molecule has 34 heavy (non-hydrogen) atoms. The van der Waals surface area contributed by atoms with E-state index in [9.17, 15) is 14.7 Å². The van der Waals surface area contributed by atoms with Crippen LogP contribution in [0.3, 0.4) is 0 Å². The molecule has 0 radical (unpaired) electrons. The molecule has 4 rings (SSSR count). The number of aliphatic hydroxyl groups excluding tert-OH is 1. The van der Waals surface area contributed by atoms with Gasteiger partial charge in [-0.05, 0) is 70.5 Å². The number of aromatic nitrogens is 1. The number of halogens is 1. The quantitative estimate of drug-likeness (QED) is 0.128. The summed E-state index contributed by atoms with van der Waals surface area (Å²) in [6.45, 7) is 2.85. The van der Waals surface area contributed by atoms with Crippen LogP contribution in [-0.2, 0) is 16.1 Å². The number of hydrogen-bond acceptors (Lipinski definition) is 5. The SMILES string of the molecule is CCCCOc1cccc(/C(O)=C2\C(=O)C(=O)N(Cc3cccnc3)C2c2ccc(I)cc2)c1.